The van der Waals surface area contributed by atoms with E-state index in [1.807, 2.05) is 67.6 Å². The zero-order chi connectivity index (χ0) is 26.9. The molecule has 38 heavy (non-hydrogen) atoms. The van der Waals surface area contributed by atoms with Crippen LogP contribution in [-0.2, 0) is 22.6 Å². The molecule has 0 spiro atoms. The Morgan fingerprint density at radius 3 is 2.26 bits per heavy atom. The predicted octanol–water partition coefficient (Wildman–Crippen LogP) is 4.76. The number of aromatic nitrogens is 4. The highest BCUT2D eigenvalue weighted by molar-refractivity contribution is 5.84. The molecule has 4 rings (SSSR count). The minimum Gasteiger partial charge on any atom is -0.497 e. The van der Waals surface area contributed by atoms with E-state index in [2.05, 4.69) is 20.6 Å². The van der Waals surface area contributed by atoms with Gasteiger partial charge in [0.25, 0.3) is 0 Å². The quantitative estimate of drug-likeness (QED) is 0.280. The molecule has 0 bridgehead atoms. The Morgan fingerprint density at radius 2 is 1.66 bits per heavy atom. The summed E-state index contributed by atoms with van der Waals surface area (Å²) in [5.41, 5.74) is 4.44. The maximum atomic E-state index is 13.2. The molecule has 1 heterocycles. The van der Waals surface area contributed by atoms with E-state index < -0.39 is 12.0 Å². The summed E-state index contributed by atoms with van der Waals surface area (Å²) in [6.45, 7) is 2.21. The van der Waals surface area contributed by atoms with Gasteiger partial charge in [0.2, 0.25) is 5.91 Å². The van der Waals surface area contributed by atoms with Crippen molar-refractivity contribution in [2.45, 2.75) is 45.2 Å². The fourth-order valence-electron chi connectivity index (χ4n) is 4.36. The zero-order valence-electron chi connectivity index (χ0n) is 21.5. The summed E-state index contributed by atoms with van der Waals surface area (Å²) in [5, 5.41) is 24.3. The Balaban J connectivity index is 1.59. The molecular formula is C29H31N5O4. The molecule has 0 aliphatic rings. The fourth-order valence-corrected chi connectivity index (χ4v) is 4.36. The average Bonchev–Trinajstić information content (AvgIpc) is 3.49. The Kier molecular flexibility index (Phi) is 8.81. The third-order valence-corrected chi connectivity index (χ3v) is 6.46. The molecule has 0 fully saturated rings. The summed E-state index contributed by atoms with van der Waals surface area (Å²) >= 11 is 0. The lowest BCUT2D eigenvalue weighted by Crippen LogP contribution is -2.46. The maximum absolute atomic E-state index is 13.2. The number of hydrogen-bond donors (Lipinski definition) is 2. The van der Waals surface area contributed by atoms with Crippen molar-refractivity contribution in [1.82, 2.24) is 25.5 Å². The van der Waals surface area contributed by atoms with E-state index in [9.17, 15) is 14.7 Å². The number of tetrazole rings is 1. The van der Waals surface area contributed by atoms with Gasteiger partial charge in [-0.3, -0.25) is 4.79 Å². The Bertz CT molecular complexity index is 1340. The smallest absolute Gasteiger partial charge is 0.326 e. The molecule has 9 heteroatoms. The number of aliphatic carboxylic acids is 1. The summed E-state index contributed by atoms with van der Waals surface area (Å²) in [6, 6.07) is 21.8. The molecule has 0 saturated heterocycles. The first-order valence-corrected chi connectivity index (χ1v) is 12.6. The van der Waals surface area contributed by atoms with Crippen LogP contribution in [0.15, 0.2) is 72.8 Å². The lowest BCUT2D eigenvalue weighted by atomic mass is 9.97. The molecule has 1 atom stereocenters. The van der Waals surface area contributed by atoms with E-state index in [1.54, 1.807) is 19.2 Å². The van der Waals surface area contributed by atoms with E-state index in [4.69, 9.17) is 4.74 Å². The molecule has 0 aliphatic heterocycles. The topological polar surface area (TPSA) is 121 Å². The third kappa shape index (κ3) is 6.42. The molecule has 1 unspecified atom stereocenters. The van der Waals surface area contributed by atoms with Crippen molar-refractivity contribution in [3.63, 3.8) is 0 Å². The first-order valence-electron chi connectivity index (χ1n) is 12.6. The number of amides is 1. The number of nitrogens with zero attached hydrogens (tertiary/aromatic N) is 4. The van der Waals surface area contributed by atoms with Crippen LogP contribution in [0, 0.1) is 0 Å². The molecule has 0 saturated carbocycles. The van der Waals surface area contributed by atoms with Gasteiger partial charge in [-0.25, -0.2) is 9.89 Å². The van der Waals surface area contributed by atoms with Gasteiger partial charge in [0.1, 0.15) is 11.8 Å². The lowest BCUT2D eigenvalue weighted by Gasteiger charge is -2.29. The second kappa shape index (κ2) is 12.6. The zero-order valence-corrected chi connectivity index (χ0v) is 21.5. The minimum atomic E-state index is -1.03. The van der Waals surface area contributed by atoms with Crippen LogP contribution in [0.25, 0.3) is 22.5 Å². The second-order valence-corrected chi connectivity index (χ2v) is 9.02. The van der Waals surface area contributed by atoms with Crippen molar-refractivity contribution in [1.29, 1.82) is 0 Å². The fraction of sp³-hybridized carbons (Fsp3) is 0.276. The van der Waals surface area contributed by atoms with Crippen LogP contribution in [0.2, 0.25) is 0 Å². The average molecular weight is 514 g/mol. The van der Waals surface area contributed by atoms with E-state index in [-0.39, 0.29) is 18.9 Å². The van der Waals surface area contributed by atoms with Gasteiger partial charge in [-0.15, -0.1) is 5.10 Å². The van der Waals surface area contributed by atoms with Crippen molar-refractivity contribution in [3.05, 3.63) is 83.9 Å². The number of hydrogen-bond acceptors (Lipinski definition) is 6. The molecular weight excluding hydrogens is 482 g/mol. The Labute approximate surface area is 221 Å². The van der Waals surface area contributed by atoms with Gasteiger partial charge >= 0.3 is 5.97 Å². The van der Waals surface area contributed by atoms with Crippen LogP contribution < -0.4 is 4.74 Å². The first kappa shape index (κ1) is 26.5. The van der Waals surface area contributed by atoms with Crippen LogP contribution in [0.5, 0.6) is 5.75 Å². The summed E-state index contributed by atoms with van der Waals surface area (Å²) in [4.78, 5) is 27.1. The van der Waals surface area contributed by atoms with Gasteiger partial charge in [0.05, 0.1) is 7.11 Å². The van der Waals surface area contributed by atoms with Crippen LogP contribution in [0.4, 0.5) is 0 Å². The normalized spacial score (nSPS) is 11.6. The van der Waals surface area contributed by atoms with Crippen LogP contribution in [0.1, 0.15) is 37.3 Å². The summed E-state index contributed by atoms with van der Waals surface area (Å²) in [7, 11) is 1.58. The van der Waals surface area contributed by atoms with E-state index >= 15 is 0 Å². The van der Waals surface area contributed by atoms with Crippen LogP contribution in [-0.4, -0.2) is 55.7 Å². The number of benzene rings is 3. The monoisotopic (exact) mass is 513 g/mol. The van der Waals surface area contributed by atoms with Gasteiger partial charge in [-0.2, -0.15) is 0 Å². The highest BCUT2D eigenvalue weighted by Crippen LogP contribution is 2.30. The largest absolute Gasteiger partial charge is 0.497 e. The molecule has 0 aliphatic carbocycles. The van der Waals surface area contributed by atoms with Crippen molar-refractivity contribution < 1.29 is 19.4 Å². The number of carboxylic acid groups (broad SMARTS) is 1. The van der Waals surface area contributed by atoms with Crippen molar-refractivity contribution in [3.8, 4) is 28.3 Å². The number of ether oxygens (including phenoxy) is 1. The molecule has 196 valence electrons. The number of aromatic amines is 1. The maximum Gasteiger partial charge on any atom is 0.326 e. The molecule has 4 aromatic rings. The van der Waals surface area contributed by atoms with E-state index in [0.29, 0.717) is 24.4 Å². The van der Waals surface area contributed by atoms with Gasteiger partial charge in [0.15, 0.2) is 5.82 Å². The van der Waals surface area contributed by atoms with Gasteiger partial charge in [0, 0.05) is 24.9 Å². The number of carbonyl (C=O) groups excluding carboxylic acids is 1. The number of carbonyl (C=O) groups is 2. The summed E-state index contributed by atoms with van der Waals surface area (Å²) in [5.74, 6) is 0.0647. The highest BCUT2D eigenvalue weighted by atomic mass is 16.5. The SMILES string of the molecule is CCCCC(=O)N(Cc1ccc(-c2ccccc2-c2nnn[nH]2)cc1)C(Cc1ccc(OC)cc1)C(=O)O. The highest BCUT2D eigenvalue weighted by Gasteiger charge is 2.29. The lowest BCUT2D eigenvalue weighted by molar-refractivity contribution is -0.150. The van der Waals surface area contributed by atoms with Crippen molar-refractivity contribution >= 4 is 11.9 Å². The van der Waals surface area contributed by atoms with Crippen molar-refractivity contribution in [2.75, 3.05) is 7.11 Å². The number of nitrogens with one attached hydrogen (secondary N) is 1. The Hall–Kier alpha value is -4.53. The second-order valence-electron chi connectivity index (χ2n) is 9.02. The number of unbranched alkanes of at least 4 members (excludes halogenated alkanes) is 1. The number of methoxy groups -OCH3 is 1. The van der Waals surface area contributed by atoms with Crippen LogP contribution >= 0.6 is 0 Å². The summed E-state index contributed by atoms with van der Waals surface area (Å²) < 4.78 is 5.21. The molecule has 1 aromatic heterocycles. The van der Waals surface area contributed by atoms with Gasteiger partial charge < -0.3 is 14.7 Å². The first-order chi connectivity index (χ1) is 18.5. The number of H-pyrrole nitrogens is 1. The predicted molar refractivity (Wildman–Crippen MR) is 143 cm³/mol. The van der Waals surface area contributed by atoms with E-state index in [1.165, 1.54) is 4.90 Å². The number of rotatable bonds is 12. The molecule has 0 radical (unpaired) electrons. The standard InChI is InChI=1S/C29H31N5O4/c1-3-4-9-27(35)34(26(29(36)37)18-20-12-16-23(38-2)17-13-20)19-21-10-14-22(15-11-21)24-7-5-6-8-25(24)28-30-32-33-31-28/h5-8,10-17,26H,3-4,9,18-19H2,1-2H3,(H,36,37)(H,30,31,32,33). The van der Waals surface area contributed by atoms with Gasteiger partial charge in [-0.05, 0) is 51.2 Å². The third-order valence-electron chi connectivity index (χ3n) is 6.46. The van der Waals surface area contributed by atoms with Gasteiger partial charge in [-0.1, -0.05) is 74.0 Å². The van der Waals surface area contributed by atoms with Crippen LogP contribution in [0.3, 0.4) is 0 Å². The molecule has 3 aromatic carbocycles. The Morgan fingerprint density at radius 1 is 0.974 bits per heavy atom. The summed E-state index contributed by atoms with van der Waals surface area (Å²) in [6.07, 6.45) is 2.06. The molecule has 9 nitrogen and oxygen atoms in total. The van der Waals surface area contributed by atoms with Crippen molar-refractivity contribution in [2.24, 2.45) is 0 Å². The minimum absolute atomic E-state index is 0.167. The number of carboxylic acids is 1. The molecule has 2 N–H and O–H groups in total. The molecule has 1 amide bonds. The van der Waals surface area contributed by atoms with E-state index in [0.717, 1.165) is 34.2 Å².